The number of fused-ring (bicyclic) bond motifs is 1. The van der Waals surface area contributed by atoms with E-state index in [9.17, 15) is 0 Å². The van der Waals surface area contributed by atoms with E-state index in [1.54, 1.807) is 0 Å². The van der Waals surface area contributed by atoms with Gasteiger partial charge in [0.25, 0.3) is 0 Å². The second-order valence-corrected chi connectivity index (χ2v) is 5.74. The zero-order valence-electron chi connectivity index (χ0n) is 8.38. The lowest BCUT2D eigenvalue weighted by Gasteiger charge is -2.04. The third kappa shape index (κ3) is 1.86. The Hall–Kier alpha value is -0.340. The molecule has 0 fully saturated rings. The highest BCUT2D eigenvalue weighted by Gasteiger charge is 2.08. The first-order valence-electron chi connectivity index (χ1n) is 4.83. The molecular weight excluding hydrogens is 256 g/mol. The molecule has 0 nitrogen and oxygen atoms in total. The van der Waals surface area contributed by atoms with Gasteiger partial charge in [-0.3, -0.25) is 0 Å². The molecule has 0 unspecified atom stereocenters. The van der Waals surface area contributed by atoms with Gasteiger partial charge in [0.2, 0.25) is 0 Å². The van der Waals surface area contributed by atoms with Crippen LogP contribution >= 0.6 is 27.3 Å². The number of thiophene rings is 1. The zero-order valence-corrected chi connectivity index (χ0v) is 10.8. The van der Waals surface area contributed by atoms with Crippen LogP contribution in [0.3, 0.4) is 0 Å². The summed E-state index contributed by atoms with van der Waals surface area (Å²) in [7, 11) is 0. The summed E-state index contributed by atoms with van der Waals surface area (Å²) in [5.74, 6) is 0.722. The summed E-state index contributed by atoms with van der Waals surface area (Å²) in [4.78, 5) is 0. The van der Waals surface area contributed by atoms with E-state index in [4.69, 9.17) is 0 Å². The van der Waals surface area contributed by atoms with Crippen molar-refractivity contribution in [2.24, 2.45) is 5.92 Å². The van der Waals surface area contributed by atoms with Crippen LogP contribution in [0.1, 0.15) is 19.4 Å². The topological polar surface area (TPSA) is 0 Å². The number of hydrogen-bond acceptors (Lipinski definition) is 1. The van der Waals surface area contributed by atoms with E-state index in [0.717, 1.165) is 5.92 Å². The Bertz CT molecular complexity index is 443. The normalized spacial score (nSPS) is 11.4. The molecule has 0 aliphatic rings. The maximum absolute atomic E-state index is 3.62. The van der Waals surface area contributed by atoms with Gasteiger partial charge < -0.3 is 0 Å². The Kier molecular flexibility index (Phi) is 2.93. The maximum Gasteiger partial charge on any atom is 0.0356 e. The van der Waals surface area contributed by atoms with Crippen LogP contribution in [0.15, 0.2) is 28.1 Å². The molecule has 0 spiro atoms. The fourth-order valence-electron chi connectivity index (χ4n) is 1.70. The van der Waals surface area contributed by atoms with Gasteiger partial charge in [-0.15, -0.1) is 11.3 Å². The molecule has 74 valence electrons. The van der Waals surface area contributed by atoms with Gasteiger partial charge in [-0.2, -0.15) is 0 Å². The summed E-state index contributed by atoms with van der Waals surface area (Å²) in [5, 5.41) is 3.70. The fraction of sp³-hybridized carbons (Fsp3) is 0.333. The minimum Gasteiger partial charge on any atom is -0.143 e. The van der Waals surface area contributed by atoms with Crippen molar-refractivity contribution in [1.29, 1.82) is 0 Å². The molecule has 0 atom stereocenters. The van der Waals surface area contributed by atoms with Crippen LogP contribution in [0.25, 0.3) is 10.1 Å². The van der Waals surface area contributed by atoms with E-state index in [1.807, 2.05) is 11.3 Å². The molecule has 0 saturated heterocycles. The van der Waals surface area contributed by atoms with Crippen LogP contribution in [0.4, 0.5) is 0 Å². The molecule has 0 aliphatic carbocycles. The molecule has 1 heterocycles. The predicted molar refractivity (Wildman–Crippen MR) is 68.1 cm³/mol. The van der Waals surface area contributed by atoms with Gasteiger partial charge in [0.15, 0.2) is 0 Å². The molecule has 1 aromatic heterocycles. The highest BCUT2D eigenvalue weighted by Crippen LogP contribution is 2.33. The van der Waals surface area contributed by atoms with Crippen LogP contribution in [-0.2, 0) is 6.42 Å². The lowest BCUT2D eigenvalue weighted by Crippen LogP contribution is -1.92. The molecule has 0 N–H and O–H groups in total. The number of halogens is 1. The minimum atomic E-state index is 0.722. The highest BCUT2D eigenvalue weighted by molar-refractivity contribution is 9.10. The summed E-state index contributed by atoms with van der Waals surface area (Å²) in [6.07, 6.45) is 1.17. The van der Waals surface area contributed by atoms with Gasteiger partial charge >= 0.3 is 0 Å². The van der Waals surface area contributed by atoms with Gasteiger partial charge in [0, 0.05) is 14.6 Å². The molecule has 1 aromatic carbocycles. The van der Waals surface area contributed by atoms with Crippen LogP contribution in [0.5, 0.6) is 0 Å². The van der Waals surface area contributed by atoms with Crippen molar-refractivity contribution in [2.45, 2.75) is 20.3 Å². The Morgan fingerprint density at radius 1 is 1.36 bits per heavy atom. The number of rotatable bonds is 2. The summed E-state index contributed by atoms with van der Waals surface area (Å²) in [6.45, 7) is 4.53. The SMILES string of the molecule is CC(C)Cc1csc2cccc(Br)c12. The Balaban J connectivity index is 2.55. The third-order valence-electron chi connectivity index (χ3n) is 2.25. The Labute approximate surface area is 97.1 Å². The zero-order chi connectivity index (χ0) is 10.1. The Morgan fingerprint density at radius 2 is 2.14 bits per heavy atom. The number of hydrogen-bond donors (Lipinski definition) is 0. The third-order valence-corrected chi connectivity index (χ3v) is 3.91. The molecule has 2 rings (SSSR count). The van der Waals surface area contributed by atoms with Gasteiger partial charge in [0.1, 0.15) is 0 Å². The van der Waals surface area contributed by atoms with Gasteiger partial charge in [-0.05, 0) is 35.4 Å². The van der Waals surface area contributed by atoms with Crippen molar-refractivity contribution in [3.63, 3.8) is 0 Å². The van der Waals surface area contributed by atoms with E-state index >= 15 is 0 Å². The summed E-state index contributed by atoms with van der Waals surface area (Å²) >= 11 is 5.46. The molecule has 2 heteroatoms. The minimum absolute atomic E-state index is 0.722. The largest absolute Gasteiger partial charge is 0.143 e. The quantitative estimate of drug-likeness (QED) is 0.730. The van der Waals surface area contributed by atoms with Crippen molar-refractivity contribution in [2.75, 3.05) is 0 Å². The van der Waals surface area contributed by atoms with Crippen molar-refractivity contribution >= 4 is 37.4 Å². The van der Waals surface area contributed by atoms with E-state index in [0.29, 0.717) is 0 Å². The smallest absolute Gasteiger partial charge is 0.0356 e. The van der Waals surface area contributed by atoms with E-state index in [-0.39, 0.29) is 0 Å². The lowest BCUT2D eigenvalue weighted by molar-refractivity contribution is 0.651. The summed E-state index contributed by atoms with van der Waals surface area (Å²) < 4.78 is 2.61. The average molecular weight is 269 g/mol. The molecule has 0 amide bonds. The van der Waals surface area contributed by atoms with Crippen molar-refractivity contribution in [3.05, 3.63) is 33.6 Å². The van der Waals surface area contributed by atoms with Crippen molar-refractivity contribution in [3.8, 4) is 0 Å². The molecular formula is C12H13BrS. The fourth-order valence-corrected chi connectivity index (χ4v) is 3.45. The predicted octanol–water partition coefficient (Wildman–Crippen LogP) is 4.86. The molecule has 0 radical (unpaired) electrons. The van der Waals surface area contributed by atoms with Gasteiger partial charge in [-0.25, -0.2) is 0 Å². The first kappa shape index (κ1) is 10.2. The van der Waals surface area contributed by atoms with Gasteiger partial charge in [0.05, 0.1) is 0 Å². The molecule has 0 aliphatic heterocycles. The molecule has 14 heavy (non-hydrogen) atoms. The first-order valence-corrected chi connectivity index (χ1v) is 6.50. The summed E-state index contributed by atoms with van der Waals surface area (Å²) in [6, 6.07) is 6.41. The van der Waals surface area contributed by atoms with Crippen LogP contribution in [0, 0.1) is 5.92 Å². The van der Waals surface area contributed by atoms with E-state index < -0.39 is 0 Å². The molecule has 2 aromatic rings. The molecule has 0 bridgehead atoms. The first-order chi connectivity index (χ1) is 6.68. The Morgan fingerprint density at radius 3 is 2.86 bits per heavy atom. The van der Waals surface area contributed by atoms with Crippen molar-refractivity contribution in [1.82, 2.24) is 0 Å². The number of benzene rings is 1. The average Bonchev–Trinajstić information content (AvgIpc) is 2.49. The monoisotopic (exact) mass is 268 g/mol. The highest BCUT2D eigenvalue weighted by atomic mass is 79.9. The van der Waals surface area contributed by atoms with Crippen molar-refractivity contribution < 1.29 is 0 Å². The second kappa shape index (κ2) is 4.03. The summed E-state index contributed by atoms with van der Waals surface area (Å²) in [5.41, 5.74) is 1.48. The van der Waals surface area contributed by atoms with Crippen LogP contribution in [-0.4, -0.2) is 0 Å². The standard InChI is InChI=1S/C12H13BrS/c1-8(2)6-9-7-14-11-5-3-4-10(13)12(9)11/h3-5,7-8H,6H2,1-2H3. The van der Waals surface area contributed by atoms with Gasteiger partial charge in [-0.1, -0.05) is 35.8 Å². The lowest BCUT2D eigenvalue weighted by atomic mass is 10.0. The van der Waals surface area contributed by atoms with E-state index in [2.05, 4.69) is 53.4 Å². The second-order valence-electron chi connectivity index (χ2n) is 3.97. The van der Waals surface area contributed by atoms with Crippen LogP contribution in [0.2, 0.25) is 0 Å². The van der Waals surface area contributed by atoms with Crippen LogP contribution < -0.4 is 0 Å². The maximum atomic E-state index is 3.62. The molecule has 0 saturated carbocycles. The van der Waals surface area contributed by atoms with E-state index in [1.165, 1.54) is 26.5 Å².